The number of halogens is 3. The van der Waals surface area contributed by atoms with Crippen molar-refractivity contribution >= 4 is 50.7 Å². The number of hydrogen-bond acceptors (Lipinski definition) is 4. The maximum Gasteiger partial charge on any atom is 0.264 e. The monoisotopic (exact) mass is 681 g/mol. The van der Waals surface area contributed by atoms with E-state index in [0.717, 1.165) is 35.6 Å². The number of rotatable bonds is 12. The van der Waals surface area contributed by atoms with E-state index in [9.17, 15) is 22.4 Å². The Kier molecular flexibility index (Phi) is 11.0. The number of sulfonamides is 1. The normalized spacial score (nSPS) is 14.1. The van der Waals surface area contributed by atoms with E-state index in [1.807, 2.05) is 30.3 Å². The number of carbonyl (C=O) groups excluding carboxylic acids is 2. The Hall–Kier alpha value is -3.92. The highest BCUT2D eigenvalue weighted by atomic mass is 35.5. The standard InChI is InChI=1S/C35H34Cl2FN3O4S/c36-27-20-28(37)22-31(21-27)41(46(44,45)32-13-5-2-6-14-32)24-34(42)40(23-26-15-17-29(38)18-16-26)33(19-25-9-3-1-4-10-25)35(43)39-30-11-7-8-12-30/h1-6,9-10,13-18,20-22,30,33H,7-8,11-12,19,23-24H2,(H,39,43)/t33-/m0/s1. The van der Waals surface area contributed by atoms with Crippen molar-refractivity contribution < 1.29 is 22.4 Å². The topological polar surface area (TPSA) is 86.8 Å². The highest BCUT2D eigenvalue weighted by molar-refractivity contribution is 7.92. The number of carbonyl (C=O) groups is 2. The molecule has 0 saturated heterocycles. The summed E-state index contributed by atoms with van der Waals surface area (Å²) in [5.74, 6) is -1.42. The van der Waals surface area contributed by atoms with Crippen LogP contribution in [0, 0.1) is 5.82 Å². The fourth-order valence-corrected chi connectivity index (χ4v) is 7.57. The summed E-state index contributed by atoms with van der Waals surface area (Å²) in [6, 6.07) is 26.0. The van der Waals surface area contributed by atoms with Crippen molar-refractivity contribution in [2.45, 2.75) is 55.6 Å². The number of nitrogens with zero attached hydrogens (tertiary/aromatic N) is 2. The SMILES string of the molecule is O=C(NC1CCCC1)[C@H](Cc1ccccc1)N(Cc1ccc(F)cc1)C(=O)CN(c1cc(Cl)cc(Cl)c1)S(=O)(=O)c1ccccc1. The molecule has 46 heavy (non-hydrogen) atoms. The molecule has 4 aromatic rings. The summed E-state index contributed by atoms with van der Waals surface area (Å²) in [6.07, 6.45) is 3.87. The third-order valence-corrected chi connectivity index (χ3v) is 10.2. The number of amides is 2. The first-order valence-electron chi connectivity index (χ1n) is 15.0. The molecule has 1 saturated carbocycles. The van der Waals surface area contributed by atoms with Gasteiger partial charge in [0.05, 0.1) is 10.6 Å². The molecule has 0 spiro atoms. The summed E-state index contributed by atoms with van der Waals surface area (Å²) >= 11 is 12.6. The van der Waals surface area contributed by atoms with E-state index in [1.165, 1.54) is 47.4 Å². The van der Waals surface area contributed by atoms with E-state index in [2.05, 4.69) is 5.32 Å². The molecule has 0 bridgehead atoms. The summed E-state index contributed by atoms with van der Waals surface area (Å²) in [5.41, 5.74) is 1.48. The van der Waals surface area contributed by atoms with Crippen molar-refractivity contribution in [1.82, 2.24) is 10.2 Å². The molecule has 0 radical (unpaired) electrons. The van der Waals surface area contributed by atoms with E-state index >= 15 is 0 Å². The quantitative estimate of drug-likeness (QED) is 0.174. The Morgan fingerprint density at radius 2 is 1.41 bits per heavy atom. The van der Waals surface area contributed by atoms with Gasteiger partial charge in [0.1, 0.15) is 18.4 Å². The molecule has 0 unspecified atom stereocenters. The number of nitrogens with one attached hydrogen (secondary N) is 1. The van der Waals surface area contributed by atoms with Gasteiger partial charge in [-0.1, -0.05) is 96.7 Å². The lowest BCUT2D eigenvalue weighted by molar-refractivity contribution is -0.140. The van der Waals surface area contributed by atoms with Crippen LogP contribution in [0.2, 0.25) is 10.0 Å². The zero-order valence-electron chi connectivity index (χ0n) is 25.0. The molecule has 0 aromatic heterocycles. The number of benzene rings is 4. The molecule has 2 amide bonds. The van der Waals surface area contributed by atoms with Crippen LogP contribution in [-0.2, 0) is 32.6 Å². The zero-order valence-corrected chi connectivity index (χ0v) is 27.3. The molecule has 1 atom stereocenters. The fourth-order valence-electron chi connectivity index (χ4n) is 5.64. The van der Waals surface area contributed by atoms with Gasteiger partial charge < -0.3 is 10.2 Å². The van der Waals surface area contributed by atoms with Crippen LogP contribution in [0.15, 0.2) is 108 Å². The minimum atomic E-state index is -4.30. The van der Waals surface area contributed by atoms with Gasteiger partial charge in [-0.3, -0.25) is 13.9 Å². The third kappa shape index (κ3) is 8.46. The Morgan fingerprint density at radius 1 is 0.826 bits per heavy atom. The molecule has 0 heterocycles. The lowest BCUT2D eigenvalue weighted by atomic mass is 10.0. The second-order valence-corrected chi connectivity index (χ2v) is 14.0. The Labute approximate surface area is 279 Å². The number of anilines is 1. The van der Waals surface area contributed by atoms with Crippen molar-refractivity contribution in [2.75, 3.05) is 10.8 Å². The van der Waals surface area contributed by atoms with Crippen molar-refractivity contribution in [3.63, 3.8) is 0 Å². The van der Waals surface area contributed by atoms with Gasteiger partial charge in [0.25, 0.3) is 10.0 Å². The second-order valence-electron chi connectivity index (χ2n) is 11.3. The predicted molar refractivity (Wildman–Crippen MR) is 179 cm³/mol. The minimum absolute atomic E-state index is 0.0166. The van der Waals surface area contributed by atoms with Crippen LogP contribution >= 0.6 is 23.2 Å². The van der Waals surface area contributed by atoms with E-state index in [0.29, 0.717) is 5.56 Å². The average molecular weight is 683 g/mol. The Bertz CT molecular complexity index is 1730. The maximum atomic E-state index is 14.5. The van der Waals surface area contributed by atoms with Crippen LogP contribution in [0.5, 0.6) is 0 Å². The van der Waals surface area contributed by atoms with Crippen LogP contribution in [0.3, 0.4) is 0 Å². The summed E-state index contributed by atoms with van der Waals surface area (Å²) in [7, 11) is -4.30. The molecule has 7 nitrogen and oxygen atoms in total. The van der Waals surface area contributed by atoms with Gasteiger partial charge in [0.15, 0.2) is 0 Å². The summed E-state index contributed by atoms with van der Waals surface area (Å²) < 4.78 is 43.0. The smallest absolute Gasteiger partial charge is 0.264 e. The first-order valence-corrected chi connectivity index (χ1v) is 17.2. The summed E-state index contributed by atoms with van der Waals surface area (Å²) in [4.78, 5) is 29.9. The summed E-state index contributed by atoms with van der Waals surface area (Å²) in [6.45, 7) is -0.721. The van der Waals surface area contributed by atoms with Gasteiger partial charge in [-0.2, -0.15) is 0 Å². The van der Waals surface area contributed by atoms with Gasteiger partial charge in [0.2, 0.25) is 11.8 Å². The van der Waals surface area contributed by atoms with Crippen molar-refractivity contribution in [2.24, 2.45) is 0 Å². The largest absolute Gasteiger partial charge is 0.352 e. The first kappa shape index (κ1) is 33.4. The van der Waals surface area contributed by atoms with Gasteiger partial charge in [-0.05, 0) is 66.4 Å². The molecule has 5 rings (SSSR count). The zero-order chi connectivity index (χ0) is 32.7. The molecule has 4 aromatic carbocycles. The lowest BCUT2D eigenvalue weighted by Crippen LogP contribution is -2.54. The van der Waals surface area contributed by atoms with Gasteiger partial charge >= 0.3 is 0 Å². The third-order valence-electron chi connectivity index (χ3n) is 7.98. The molecular weight excluding hydrogens is 648 g/mol. The lowest BCUT2D eigenvalue weighted by Gasteiger charge is -2.34. The second kappa shape index (κ2) is 15.1. The van der Waals surface area contributed by atoms with Crippen molar-refractivity contribution in [3.05, 3.63) is 130 Å². The highest BCUT2D eigenvalue weighted by Crippen LogP contribution is 2.30. The highest BCUT2D eigenvalue weighted by Gasteiger charge is 2.35. The first-order chi connectivity index (χ1) is 22.1. The maximum absolute atomic E-state index is 14.5. The average Bonchev–Trinajstić information content (AvgIpc) is 3.55. The molecule has 1 aliphatic rings. The van der Waals surface area contributed by atoms with Gasteiger partial charge in [0, 0.05) is 29.1 Å². The van der Waals surface area contributed by atoms with Crippen molar-refractivity contribution in [1.29, 1.82) is 0 Å². The summed E-state index contributed by atoms with van der Waals surface area (Å²) in [5, 5.41) is 3.49. The molecular formula is C35H34Cl2FN3O4S. The molecule has 0 aliphatic heterocycles. The van der Waals surface area contributed by atoms with Crippen LogP contribution in [-0.4, -0.2) is 43.8 Å². The van der Waals surface area contributed by atoms with Crippen LogP contribution < -0.4 is 9.62 Å². The number of hydrogen-bond donors (Lipinski definition) is 1. The van der Waals surface area contributed by atoms with Gasteiger partial charge in [-0.25, -0.2) is 12.8 Å². The van der Waals surface area contributed by atoms with Crippen LogP contribution in [0.1, 0.15) is 36.8 Å². The molecule has 1 N–H and O–H groups in total. The van der Waals surface area contributed by atoms with E-state index in [1.54, 1.807) is 30.3 Å². The molecule has 1 aliphatic carbocycles. The van der Waals surface area contributed by atoms with Crippen LogP contribution in [0.4, 0.5) is 10.1 Å². The molecule has 240 valence electrons. The molecule has 11 heteroatoms. The van der Waals surface area contributed by atoms with Gasteiger partial charge in [-0.15, -0.1) is 0 Å². The Morgan fingerprint density at radius 3 is 2.02 bits per heavy atom. The van der Waals surface area contributed by atoms with E-state index in [4.69, 9.17) is 23.2 Å². The van der Waals surface area contributed by atoms with E-state index in [-0.39, 0.29) is 45.5 Å². The molecule has 1 fully saturated rings. The Balaban J connectivity index is 1.57. The minimum Gasteiger partial charge on any atom is -0.352 e. The predicted octanol–water partition coefficient (Wildman–Crippen LogP) is 7.03. The van der Waals surface area contributed by atoms with Crippen LogP contribution in [0.25, 0.3) is 0 Å². The fraction of sp³-hybridized carbons (Fsp3) is 0.257. The van der Waals surface area contributed by atoms with Crippen molar-refractivity contribution in [3.8, 4) is 0 Å². The van der Waals surface area contributed by atoms with E-state index < -0.39 is 34.3 Å².